The second kappa shape index (κ2) is 9.30. The number of ether oxygens (including phenoxy) is 1. The average molecular weight is 427 g/mol. The van der Waals surface area contributed by atoms with E-state index < -0.39 is 0 Å². The number of aryl methyl sites for hydroxylation is 1. The number of carbonyl (C=O) groups is 1. The summed E-state index contributed by atoms with van der Waals surface area (Å²) in [5, 5.41) is 0. The largest absolute Gasteiger partial charge is 0.367 e. The Kier molecular flexibility index (Phi) is 6.51. The zero-order valence-electron chi connectivity index (χ0n) is 18.6. The van der Waals surface area contributed by atoms with Crippen LogP contribution in [0.15, 0.2) is 24.5 Å². The minimum absolute atomic E-state index is 0.0132. The Morgan fingerprint density at radius 3 is 2.68 bits per heavy atom. The van der Waals surface area contributed by atoms with Gasteiger partial charge < -0.3 is 14.5 Å². The lowest BCUT2D eigenvalue weighted by Crippen LogP contribution is -2.50. The minimum Gasteiger partial charge on any atom is -0.367 e. The molecule has 1 fully saturated rings. The van der Waals surface area contributed by atoms with Crippen molar-refractivity contribution in [1.82, 2.24) is 14.9 Å². The number of hydrogen-bond donors (Lipinski definition) is 0. The van der Waals surface area contributed by atoms with Gasteiger partial charge in [-0.1, -0.05) is 32.4 Å². The van der Waals surface area contributed by atoms with Gasteiger partial charge in [0.05, 0.1) is 24.3 Å². The molecule has 2 aliphatic rings. The van der Waals surface area contributed by atoms with Crippen LogP contribution < -0.4 is 4.90 Å². The summed E-state index contributed by atoms with van der Waals surface area (Å²) in [6.45, 7) is 9.23. The third-order valence-electron chi connectivity index (χ3n) is 6.45. The molecule has 4 rings (SSSR count). The Bertz CT molecular complexity index is 943. The summed E-state index contributed by atoms with van der Waals surface area (Å²) in [4.78, 5) is 26.4. The Morgan fingerprint density at radius 1 is 1.23 bits per heavy atom. The van der Waals surface area contributed by atoms with Crippen LogP contribution in [0.1, 0.15) is 68.0 Å². The summed E-state index contributed by atoms with van der Waals surface area (Å²) in [6.07, 6.45) is 3.83. The highest BCUT2D eigenvalue weighted by atomic mass is 19.1. The number of fused-ring (bicyclic) bond motifs is 1. The number of amides is 1. The highest BCUT2D eigenvalue weighted by molar-refractivity contribution is 5.84. The molecule has 31 heavy (non-hydrogen) atoms. The third kappa shape index (κ3) is 4.28. The summed E-state index contributed by atoms with van der Waals surface area (Å²) >= 11 is 0. The van der Waals surface area contributed by atoms with E-state index in [1.165, 1.54) is 0 Å². The molecule has 2 aromatic rings. The first-order valence-electron chi connectivity index (χ1n) is 11.3. The number of aromatic nitrogens is 2. The van der Waals surface area contributed by atoms with Gasteiger partial charge in [0.15, 0.2) is 0 Å². The molecular formula is C24H31FN4O2. The molecule has 6 nitrogen and oxygen atoms in total. The van der Waals surface area contributed by atoms with Crippen LogP contribution in [0.4, 0.5) is 10.2 Å². The van der Waals surface area contributed by atoms with Crippen molar-refractivity contribution in [2.24, 2.45) is 0 Å². The molecule has 2 atom stereocenters. The monoisotopic (exact) mass is 426 g/mol. The molecule has 0 bridgehead atoms. The molecule has 0 spiro atoms. The molecule has 1 saturated heterocycles. The van der Waals surface area contributed by atoms with Crippen LogP contribution >= 0.6 is 0 Å². The molecular weight excluding hydrogens is 395 g/mol. The molecule has 7 heteroatoms. The van der Waals surface area contributed by atoms with Crippen LogP contribution in [0.25, 0.3) is 0 Å². The summed E-state index contributed by atoms with van der Waals surface area (Å²) in [5.74, 6) is 0.501. The van der Waals surface area contributed by atoms with Gasteiger partial charge in [0, 0.05) is 31.7 Å². The van der Waals surface area contributed by atoms with Crippen LogP contribution in [-0.2, 0) is 22.6 Å². The Hall–Kier alpha value is -2.54. The van der Waals surface area contributed by atoms with Gasteiger partial charge in [-0.2, -0.15) is 0 Å². The maximum absolute atomic E-state index is 14.4. The Morgan fingerprint density at radius 2 is 2.00 bits per heavy atom. The van der Waals surface area contributed by atoms with Gasteiger partial charge in [-0.3, -0.25) is 4.79 Å². The number of carbonyl (C=O) groups excluding carboxylic acids is 1. The van der Waals surface area contributed by atoms with E-state index in [9.17, 15) is 9.18 Å². The van der Waals surface area contributed by atoms with Crippen LogP contribution in [0.5, 0.6) is 0 Å². The van der Waals surface area contributed by atoms with Gasteiger partial charge in [0.1, 0.15) is 18.0 Å². The van der Waals surface area contributed by atoms with E-state index in [4.69, 9.17) is 4.74 Å². The number of benzene rings is 1. The molecule has 2 aliphatic heterocycles. The van der Waals surface area contributed by atoms with Gasteiger partial charge in [-0.25, -0.2) is 14.4 Å². The topological polar surface area (TPSA) is 58.6 Å². The van der Waals surface area contributed by atoms with E-state index in [0.29, 0.717) is 44.8 Å². The lowest BCUT2D eigenvalue weighted by Gasteiger charge is -2.37. The third-order valence-corrected chi connectivity index (χ3v) is 6.45. The van der Waals surface area contributed by atoms with Crippen LogP contribution in [-0.4, -0.2) is 47.0 Å². The second-order valence-electron chi connectivity index (χ2n) is 8.37. The van der Waals surface area contributed by atoms with Gasteiger partial charge in [-0.05, 0) is 37.0 Å². The minimum atomic E-state index is -0.298. The summed E-state index contributed by atoms with van der Waals surface area (Å²) in [6, 6.07) is 5.29. The van der Waals surface area contributed by atoms with Gasteiger partial charge >= 0.3 is 0 Å². The van der Waals surface area contributed by atoms with Crippen molar-refractivity contribution >= 4 is 11.7 Å². The highest BCUT2D eigenvalue weighted by Gasteiger charge is 2.32. The fraction of sp³-hybridized carbons (Fsp3) is 0.542. The molecule has 0 radical (unpaired) electrons. The van der Waals surface area contributed by atoms with Crippen molar-refractivity contribution in [3.8, 4) is 0 Å². The van der Waals surface area contributed by atoms with E-state index in [0.717, 1.165) is 35.5 Å². The Labute approximate surface area is 183 Å². The van der Waals surface area contributed by atoms with E-state index >= 15 is 0 Å². The van der Waals surface area contributed by atoms with Gasteiger partial charge in [-0.15, -0.1) is 0 Å². The predicted octanol–water partition coefficient (Wildman–Crippen LogP) is 4.00. The number of rotatable bonds is 6. The van der Waals surface area contributed by atoms with Crippen molar-refractivity contribution in [3.05, 3.63) is 52.7 Å². The average Bonchev–Trinajstić information content (AvgIpc) is 3.18. The first-order chi connectivity index (χ1) is 15.0. The molecule has 0 N–H and O–H groups in total. The quantitative estimate of drug-likeness (QED) is 0.699. The number of nitrogens with zero attached hydrogens (tertiary/aromatic N) is 4. The van der Waals surface area contributed by atoms with E-state index in [1.807, 2.05) is 30.9 Å². The number of anilines is 1. The molecule has 3 heterocycles. The first kappa shape index (κ1) is 21.7. The molecule has 0 aliphatic carbocycles. The van der Waals surface area contributed by atoms with Crippen LogP contribution in [0.2, 0.25) is 0 Å². The van der Waals surface area contributed by atoms with Gasteiger partial charge in [0.2, 0.25) is 5.91 Å². The van der Waals surface area contributed by atoms with Crippen molar-refractivity contribution in [3.63, 3.8) is 0 Å². The Balaban J connectivity index is 1.47. The van der Waals surface area contributed by atoms with Crippen molar-refractivity contribution in [2.45, 2.75) is 58.7 Å². The van der Waals surface area contributed by atoms with Crippen molar-refractivity contribution in [1.29, 1.82) is 0 Å². The summed E-state index contributed by atoms with van der Waals surface area (Å²) in [5.41, 5.74) is 3.49. The zero-order chi connectivity index (χ0) is 22.0. The van der Waals surface area contributed by atoms with Crippen LogP contribution in [0, 0.1) is 5.82 Å². The molecule has 1 aromatic carbocycles. The lowest BCUT2D eigenvalue weighted by molar-refractivity contribution is -0.133. The smallest absolute Gasteiger partial charge is 0.230 e. The molecule has 0 saturated carbocycles. The second-order valence-corrected chi connectivity index (χ2v) is 8.37. The summed E-state index contributed by atoms with van der Waals surface area (Å²) < 4.78 is 20.1. The summed E-state index contributed by atoms with van der Waals surface area (Å²) in [7, 11) is 0. The first-order valence-corrected chi connectivity index (χ1v) is 11.3. The fourth-order valence-electron chi connectivity index (χ4n) is 4.64. The molecule has 166 valence electrons. The fourth-order valence-corrected chi connectivity index (χ4v) is 4.64. The van der Waals surface area contributed by atoms with Crippen LogP contribution in [0.3, 0.4) is 0 Å². The zero-order valence-corrected chi connectivity index (χ0v) is 18.6. The van der Waals surface area contributed by atoms with E-state index in [1.54, 1.807) is 12.4 Å². The standard InChI is InChI=1S/C24H31FN4O2/c1-4-6-19(18-8-7-17(5-2)20(25)13-18)24(30)29-11-9-28(10-12-29)23-22-16(3)31-14-21(22)26-15-27-23/h7-8,13,15-16,19H,4-6,9-12,14H2,1-3H3/t16-,19-/m1/s1. The SMILES string of the molecule is CCC[C@@H](C(=O)N1CCN(c2ncnc3c2[C@@H](C)OC3)CC1)c1ccc(CC)c(F)c1. The maximum Gasteiger partial charge on any atom is 0.230 e. The highest BCUT2D eigenvalue weighted by Crippen LogP contribution is 2.35. The van der Waals surface area contributed by atoms with Crippen molar-refractivity contribution < 1.29 is 13.9 Å². The van der Waals surface area contributed by atoms with Crippen molar-refractivity contribution in [2.75, 3.05) is 31.1 Å². The number of halogens is 1. The predicted molar refractivity (Wildman–Crippen MR) is 117 cm³/mol. The lowest BCUT2D eigenvalue weighted by atomic mass is 9.91. The van der Waals surface area contributed by atoms with E-state index in [2.05, 4.69) is 21.8 Å². The number of hydrogen-bond acceptors (Lipinski definition) is 5. The molecule has 1 amide bonds. The molecule has 0 unspecified atom stereocenters. The van der Waals surface area contributed by atoms with Gasteiger partial charge in [0.25, 0.3) is 0 Å². The maximum atomic E-state index is 14.4. The normalized spacial score (nSPS) is 19.4. The molecule has 1 aromatic heterocycles. The number of piperazine rings is 1. The van der Waals surface area contributed by atoms with E-state index in [-0.39, 0.29) is 23.7 Å².